The molecule has 1 fully saturated rings. The summed E-state index contributed by atoms with van der Waals surface area (Å²) >= 11 is 1.67. The second-order valence-electron chi connectivity index (χ2n) is 7.36. The number of rotatable bonds is 1. The Morgan fingerprint density at radius 2 is 1.96 bits per heavy atom. The number of amidine groups is 1. The summed E-state index contributed by atoms with van der Waals surface area (Å²) in [6.07, 6.45) is 11.3. The van der Waals surface area contributed by atoms with Crippen molar-refractivity contribution in [2.24, 2.45) is 16.6 Å². The molecule has 1 unspecified atom stereocenters. The van der Waals surface area contributed by atoms with Gasteiger partial charge in [-0.1, -0.05) is 24.2 Å². The van der Waals surface area contributed by atoms with Crippen LogP contribution in [0.15, 0.2) is 41.9 Å². The maximum absolute atomic E-state index is 6.44. The minimum atomic E-state index is -0.250. The van der Waals surface area contributed by atoms with Crippen LogP contribution >= 0.6 is 11.8 Å². The summed E-state index contributed by atoms with van der Waals surface area (Å²) in [7, 11) is 0. The number of aromatic nitrogens is 2. The van der Waals surface area contributed by atoms with E-state index in [0.29, 0.717) is 11.1 Å². The minimum Gasteiger partial charge on any atom is -0.490 e. The van der Waals surface area contributed by atoms with E-state index in [1.807, 2.05) is 12.4 Å². The van der Waals surface area contributed by atoms with Gasteiger partial charge >= 0.3 is 0 Å². The van der Waals surface area contributed by atoms with Gasteiger partial charge in [-0.25, -0.2) is 9.97 Å². The predicted molar refractivity (Wildman–Crippen MR) is 104 cm³/mol. The van der Waals surface area contributed by atoms with Crippen LogP contribution in [0.1, 0.15) is 37.7 Å². The molecule has 0 radical (unpaired) electrons. The van der Waals surface area contributed by atoms with E-state index in [9.17, 15) is 0 Å². The van der Waals surface area contributed by atoms with E-state index in [1.54, 1.807) is 18.1 Å². The van der Waals surface area contributed by atoms with Crippen LogP contribution in [-0.2, 0) is 5.54 Å². The maximum atomic E-state index is 6.44. The van der Waals surface area contributed by atoms with E-state index >= 15 is 0 Å². The van der Waals surface area contributed by atoms with Crippen LogP contribution in [0, 0.1) is 5.92 Å². The van der Waals surface area contributed by atoms with Gasteiger partial charge in [0.05, 0.1) is 5.54 Å². The first-order valence-corrected chi connectivity index (χ1v) is 10.3. The second-order valence-corrected chi connectivity index (χ2v) is 8.47. The lowest BCUT2D eigenvalue weighted by molar-refractivity contribution is 0.0158. The van der Waals surface area contributed by atoms with E-state index in [-0.39, 0.29) is 11.6 Å². The molecule has 3 heterocycles. The first-order chi connectivity index (χ1) is 12.8. The van der Waals surface area contributed by atoms with E-state index in [1.165, 1.54) is 18.4 Å². The molecule has 3 atom stereocenters. The fourth-order valence-electron chi connectivity index (χ4n) is 4.81. The Hall–Kier alpha value is -2.08. The Morgan fingerprint density at radius 3 is 2.81 bits per heavy atom. The van der Waals surface area contributed by atoms with Crippen molar-refractivity contribution in [1.82, 2.24) is 9.97 Å². The van der Waals surface area contributed by atoms with Crippen molar-refractivity contribution >= 4 is 16.9 Å². The summed E-state index contributed by atoms with van der Waals surface area (Å²) < 4.78 is 6.44. The lowest BCUT2D eigenvalue weighted by Crippen LogP contribution is -2.50. The smallest absolute Gasteiger partial charge is 0.154 e. The molecule has 3 aliphatic rings. The number of fused-ring (bicyclic) bond motifs is 4. The quantitative estimate of drug-likeness (QED) is 0.832. The summed E-state index contributed by atoms with van der Waals surface area (Å²) in [5.41, 5.74) is 9.27. The second kappa shape index (κ2) is 6.27. The molecular formula is C20H22N4OS. The highest BCUT2D eigenvalue weighted by molar-refractivity contribution is 8.13. The van der Waals surface area contributed by atoms with Crippen LogP contribution in [0.3, 0.4) is 0 Å². The monoisotopic (exact) mass is 366 g/mol. The topological polar surface area (TPSA) is 73.4 Å². The summed E-state index contributed by atoms with van der Waals surface area (Å²) in [4.78, 5) is 13.4. The lowest BCUT2D eigenvalue weighted by Gasteiger charge is -2.50. The standard InChI is InChI=1S/C20H22N4OS/c21-19-24-20(7-8-26-19)15-3-1-2-4-17(15)25-18-6-5-13(9-16(18)20)14-10-22-12-23-11-14/h5-6,9-12,15,17H,1-4,7-8H2,(H2,21,24)/t15-,17+,20?/m1/s1. The number of benzene rings is 1. The van der Waals surface area contributed by atoms with Gasteiger partial charge < -0.3 is 10.5 Å². The van der Waals surface area contributed by atoms with Gasteiger partial charge in [-0.15, -0.1) is 0 Å². The minimum absolute atomic E-state index is 0.250. The molecule has 5 rings (SSSR count). The Labute approximate surface area is 157 Å². The third-order valence-corrected chi connectivity index (χ3v) is 6.77. The molecule has 2 N–H and O–H groups in total. The number of thioether (sulfide) groups is 1. The molecule has 134 valence electrons. The van der Waals surface area contributed by atoms with Gasteiger partial charge in [0.2, 0.25) is 0 Å². The largest absolute Gasteiger partial charge is 0.490 e. The van der Waals surface area contributed by atoms with Gasteiger partial charge in [-0.2, -0.15) is 0 Å². The molecule has 2 aromatic rings. The molecule has 6 heteroatoms. The number of hydrogen-bond donors (Lipinski definition) is 1. The Balaban J connectivity index is 1.69. The molecule has 5 nitrogen and oxygen atoms in total. The lowest BCUT2D eigenvalue weighted by atomic mass is 9.66. The van der Waals surface area contributed by atoms with Crippen LogP contribution in [0.25, 0.3) is 11.1 Å². The van der Waals surface area contributed by atoms with E-state index in [0.717, 1.165) is 41.9 Å². The number of ether oxygens (including phenoxy) is 1. The SMILES string of the molecule is NC1=NC2(CCS1)c1cc(-c3cncnc3)ccc1O[C@H]1CCCC[C@H]12. The van der Waals surface area contributed by atoms with Gasteiger partial charge in [0.15, 0.2) is 5.17 Å². The molecular weight excluding hydrogens is 344 g/mol. The molecule has 0 amide bonds. The molecule has 1 aromatic carbocycles. The van der Waals surface area contributed by atoms with Crippen LogP contribution < -0.4 is 10.5 Å². The van der Waals surface area contributed by atoms with Crippen molar-refractivity contribution in [2.45, 2.75) is 43.7 Å². The van der Waals surface area contributed by atoms with Gasteiger partial charge in [0, 0.05) is 35.2 Å². The molecule has 26 heavy (non-hydrogen) atoms. The van der Waals surface area contributed by atoms with Crippen molar-refractivity contribution < 1.29 is 4.74 Å². The van der Waals surface area contributed by atoms with Crippen molar-refractivity contribution in [3.05, 3.63) is 42.5 Å². The summed E-state index contributed by atoms with van der Waals surface area (Å²) in [5.74, 6) is 2.39. The predicted octanol–water partition coefficient (Wildman–Crippen LogP) is 3.74. The van der Waals surface area contributed by atoms with Crippen molar-refractivity contribution in [3.8, 4) is 16.9 Å². The first-order valence-electron chi connectivity index (χ1n) is 9.31. The number of nitrogens with two attached hydrogens (primary N) is 1. The van der Waals surface area contributed by atoms with Crippen LogP contribution in [0.4, 0.5) is 0 Å². The number of aliphatic imine (C=N–C) groups is 1. The number of hydrogen-bond acceptors (Lipinski definition) is 6. The molecule has 1 aromatic heterocycles. The Bertz CT molecular complexity index is 856. The van der Waals surface area contributed by atoms with E-state index in [2.05, 4.69) is 28.2 Å². The summed E-state index contributed by atoms with van der Waals surface area (Å²) in [6, 6.07) is 6.42. The third kappa shape index (κ3) is 2.50. The van der Waals surface area contributed by atoms with Gasteiger partial charge in [-0.3, -0.25) is 4.99 Å². The molecule has 0 saturated heterocycles. The van der Waals surface area contributed by atoms with Gasteiger partial charge in [0.25, 0.3) is 0 Å². The normalized spacial score (nSPS) is 30.1. The van der Waals surface area contributed by atoms with Crippen LogP contribution in [0.2, 0.25) is 0 Å². The summed E-state index contributed by atoms with van der Waals surface area (Å²) in [5, 5.41) is 0.710. The number of nitrogens with zero attached hydrogens (tertiary/aromatic N) is 3. The molecule has 1 aliphatic carbocycles. The zero-order valence-corrected chi connectivity index (χ0v) is 15.4. The Kier molecular flexibility index (Phi) is 3.89. The van der Waals surface area contributed by atoms with Crippen molar-refractivity contribution in [1.29, 1.82) is 0 Å². The molecule has 1 saturated carbocycles. The highest BCUT2D eigenvalue weighted by Gasteiger charge is 2.51. The Morgan fingerprint density at radius 1 is 1.12 bits per heavy atom. The van der Waals surface area contributed by atoms with Crippen LogP contribution in [0.5, 0.6) is 5.75 Å². The van der Waals surface area contributed by atoms with Crippen molar-refractivity contribution in [2.75, 3.05) is 5.75 Å². The van der Waals surface area contributed by atoms with Crippen LogP contribution in [-0.4, -0.2) is 27.0 Å². The average Bonchev–Trinajstić information content (AvgIpc) is 2.69. The highest BCUT2D eigenvalue weighted by atomic mass is 32.2. The maximum Gasteiger partial charge on any atom is 0.154 e. The fourth-order valence-corrected chi connectivity index (χ4v) is 5.65. The first kappa shape index (κ1) is 16.1. The molecule has 2 aliphatic heterocycles. The fraction of sp³-hybridized carbons (Fsp3) is 0.450. The molecule has 1 spiro atoms. The van der Waals surface area contributed by atoms with Gasteiger partial charge in [-0.05, 0) is 43.4 Å². The van der Waals surface area contributed by atoms with Gasteiger partial charge in [0.1, 0.15) is 18.2 Å². The average molecular weight is 366 g/mol. The van der Waals surface area contributed by atoms with Crippen molar-refractivity contribution in [3.63, 3.8) is 0 Å². The van der Waals surface area contributed by atoms with E-state index < -0.39 is 0 Å². The molecule has 0 bridgehead atoms. The van der Waals surface area contributed by atoms with E-state index in [4.69, 9.17) is 15.5 Å². The summed E-state index contributed by atoms with van der Waals surface area (Å²) in [6.45, 7) is 0. The highest BCUT2D eigenvalue weighted by Crippen LogP contribution is 2.54. The third-order valence-electron chi connectivity index (χ3n) is 5.98. The zero-order valence-electron chi connectivity index (χ0n) is 14.6. The zero-order chi connectivity index (χ0) is 17.6.